The number of nitrogens with zero attached hydrogens (tertiary/aromatic N) is 2. The van der Waals surface area contributed by atoms with Crippen LogP contribution in [0, 0.1) is 0 Å². The molecule has 0 amide bonds. The molecule has 0 saturated heterocycles. The molecule has 27 heavy (non-hydrogen) atoms. The largest absolute Gasteiger partial charge is 0.501 e. The van der Waals surface area contributed by atoms with Crippen LogP contribution in [0.4, 0.5) is 0 Å². The second kappa shape index (κ2) is 7.67. The summed E-state index contributed by atoms with van der Waals surface area (Å²) in [5.41, 5.74) is 0.238. The van der Waals surface area contributed by atoms with Crippen LogP contribution in [0.3, 0.4) is 0 Å². The molecule has 4 rings (SSSR count). The summed E-state index contributed by atoms with van der Waals surface area (Å²) in [6, 6.07) is 9.47. The van der Waals surface area contributed by atoms with Gasteiger partial charge in [-0.15, -0.1) is 11.8 Å². The summed E-state index contributed by atoms with van der Waals surface area (Å²) >= 11 is 1.72. The van der Waals surface area contributed by atoms with Crippen molar-refractivity contribution in [3.8, 4) is 11.8 Å². The molecule has 0 bridgehead atoms. The summed E-state index contributed by atoms with van der Waals surface area (Å²) < 4.78 is 11.1. The van der Waals surface area contributed by atoms with Gasteiger partial charge in [-0.3, -0.25) is 14.8 Å². The summed E-state index contributed by atoms with van der Waals surface area (Å²) in [5.74, 6) is 1.57. The van der Waals surface area contributed by atoms with Gasteiger partial charge in [0.1, 0.15) is 5.75 Å². The van der Waals surface area contributed by atoms with E-state index >= 15 is 0 Å². The van der Waals surface area contributed by atoms with Crippen molar-refractivity contribution in [1.82, 2.24) is 15.0 Å². The number of pyridine rings is 1. The number of thioether (sulfide) groups is 1. The average Bonchev–Trinajstić information content (AvgIpc) is 2.68. The first-order valence-corrected chi connectivity index (χ1v) is 9.29. The van der Waals surface area contributed by atoms with Crippen LogP contribution in [-0.2, 0) is 4.74 Å². The lowest BCUT2D eigenvalue weighted by Crippen LogP contribution is -2.09. The predicted molar refractivity (Wildman–Crippen MR) is 105 cm³/mol. The topological polar surface area (TPSA) is 77.1 Å². The van der Waals surface area contributed by atoms with Gasteiger partial charge in [0.2, 0.25) is 0 Å². The molecule has 136 valence electrons. The molecule has 2 heterocycles. The molecule has 1 aliphatic rings. The van der Waals surface area contributed by atoms with E-state index < -0.39 is 0 Å². The van der Waals surface area contributed by atoms with Gasteiger partial charge >= 0.3 is 6.01 Å². The Bertz CT molecular complexity index is 1090. The SMILES string of the molecule is COC1=CC=CC(Sc2cccc(Oc3nc4cnccc4c(=O)[nH]3)c2)C1. The molecule has 0 radical (unpaired) electrons. The molecule has 0 spiro atoms. The van der Waals surface area contributed by atoms with Gasteiger partial charge in [0, 0.05) is 22.8 Å². The van der Waals surface area contributed by atoms with Crippen LogP contribution in [-0.4, -0.2) is 27.3 Å². The highest BCUT2D eigenvalue weighted by Gasteiger charge is 2.14. The molecule has 0 fully saturated rings. The minimum atomic E-state index is -0.255. The van der Waals surface area contributed by atoms with Crippen LogP contribution in [0.2, 0.25) is 0 Å². The zero-order valence-electron chi connectivity index (χ0n) is 14.6. The Morgan fingerprint density at radius 2 is 2.22 bits per heavy atom. The lowest BCUT2D eigenvalue weighted by atomic mass is 10.1. The number of allylic oxidation sites excluding steroid dienone is 3. The second-order valence-corrected chi connectivity index (χ2v) is 7.24. The first-order valence-electron chi connectivity index (χ1n) is 8.41. The highest BCUT2D eigenvalue weighted by molar-refractivity contribution is 8.00. The predicted octanol–water partition coefficient (Wildman–Crippen LogP) is 4.06. The maximum atomic E-state index is 12.1. The van der Waals surface area contributed by atoms with Crippen LogP contribution >= 0.6 is 11.8 Å². The molecular formula is C20H17N3O3S. The van der Waals surface area contributed by atoms with Gasteiger partial charge in [0.05, 0.1) is 30.0 Å². The highest BCUT2D eigenvalue weighted by atomic mass is 32.2. The zero-order chi connectivity index (χ0) is 18.6. The summed E-state index contributed by atoms with van der Waals surface area (Å²) in [6.45, 7) is 0. The van der Waals surface area contributed by atoms with Gasteiger partial charge < -0.3 is 9.47 Å². The number of aromatic nitrogens is 3. The standard InChI is InChI=1S/C20H17N3O3S/c1-25-13-4-2-6-15(10-13)27-16-7-3-5-14(11-16)26-20-22-18-12-21-9-8-17(18)19(24)23-20/h2-9,11-12,15H,10H2,1H3,(H,22,23,24). The third-order valence-electron chi connectivity index (χ3n) is 4.07. The van der Waals surface area contributed by atoms with Crippen LogP contribution in [0.5, 0.6) is 11.8 Å². The fourth-order valence-corrected chi connectivity index (χ4v) is 3.88. The average molecular weight is 379 g/mol. The van der Waals surface area contributed by atoms with Gasteiger partial charge in [-0.25, -0.2) is 0 Å². The molecular weight excluding hydrogens is 362 g/mol. The van der Waals surface area contributed by atoms with Crippen molar-refractivity contribution in [3.05, 3.63) is 77.1 Å². The molecule has 7 heteroatoms. The van der Waals surface area contributed by atoms with Gasteiger partial charge in [-0.2, -0.15) is 4.98 Å². The summed E-state index contributed by atoms with van der Waals surface area (Å²) in [6.07, 6.45) is 10.1. The van der Waals surface area contributed by atoms with Crippen LogP contribution in [0.1, 0.15) is 6.42 Å². The maximum Gasteiger partial charge on any atom is 0.302 e. The lowest BCUT2D eigenvalue weighted by molar-refractivity contribution is 0.277. The summed E-state index contributed by atoms with van der Waals surface area (Å²) in [5, 5.41) is 0.776. The number of hydrogen-bond donors (Lipinski definition) is 1. The molecule has 1 N–H and O–H groups in total. The fraction of sp³-hybridized carbons (Fsp3) is 0.150. The van der Waals surface area contributed by atoms with E-state index in [0.29, 0.717) is 21.9 Å². The molecule has 6 nitrogen and oxygen atoms in total. The minimum Gasteiger partial charge on any atom is -0.501 e. The summed E-state index contributed by atoms with van der Waals surface area (Å²) in [4.78, 5) is 24.2. The Kier molecular flexibility index (Phi) is 4.93. The van der Waals surface area contributed by atoms with Crippen molar-refractivity contribution >= 4 is 22.7 Å². The van der Waals surface area contributed by atoms with Crippen LogP contribution < -0.4 is 10.3 Å². The maximum absolute atomic E-state index is 12.1. The van der Waals surface area contributed by atoms with E-state index in [1.54, 1.807) is 37.3 Å². The molecule has 0 aliphatic heterocycles. The number of fused-ring (bicyclic) bond motifs is 1. The van der Waals surface area contributed by atoms with Crippen molar-refractivity contribution in [3.63, 3.8) is 0 Å². The smallest absolute Gasteiger partial charge is 0.302 e. The molecule has 1 aromatic carbocycles. The lowest BCUT2D eigenvalue weighted by Gasteiger charge is -2.17. The number of H-pyrrole nitrogens is 1. The molecule has 1 unspecified atom stereocenters. The number of rotatable bonds is 5. The normalized spacial score (nSPS) is 16.2. The third-order valence-corrected chi connectivity index (χ3v) is 5.22. The Morgan fingerprint density at radius 3 is 3.11 bits per heavy atom. The Balaban J connectivity index is 1.52. The van der Waals surface area contributed by atoms with Crippen molar-refractivity contribution in [2.75, 3.05) is 7.11 Å². The second-order valence-electron chi connectivity index (χ2n) is 5.92. The first-order chi connectivity index (χ1) is 13.2. The Labute approximate surface area is 160 Å². The quantitative estimate of drug-likeness (QED) is 0.720. The number of ether oxygens (including phenoxy) is 2. The molecule has 1 atom stereocenters. The fourth-order valence-electron chi connectivity index (χ4n) is 2.77. The Morgan fingerprint density at radius 1 is 1.30 bits per heavy atom. The first kappa shape index (κ1) is 17.4. The van der Waals surface area contributed by atoms with E-state index in [1.807, 2.05) is 36.4 Å². The van der Waals surface area contributed by atoms with Crippen LogP contribution in [0.15, 0.2) is 76.4 Å². The number of aromatic amines is 1. The van der Waals surface area contributed by atoms with Gasteiger partial charge in [-0.1, -0.05) is 18.2 Å². The van der Waals surface area contributed by atoms with E-state index in [9.17, 15) is 4.79 Å². The number of hydrogen-bond acceptors (Lipinski definition) is 6. The van der Waals surface area contributed by atoms with Gasteiger partial charge in [0.15, 0.2) is 0 Å². The summed E-state index contributed by atoms with van der Waals surface area (Å²) in [7, 11) is 1.69. The van der Waals surface area contributed by atoms with Gasteiger partial charge in [-0.05, 0) is 30.3 Å². The van der Waals surface area contributed by atoms with E-state index in [1.165, 1.54) is 0 Å². The number of benzene rings is 1. The van der Waals surface area contributed by atoms with Crippen molar-refractivity contribution in [1.29, 1.82) is 0 Å². The van der Waals surface area contributed by atoms with Crippen LogP contribution in [0.25, 0.3) is 10.9 Å². The molecule has 1 aliphatic carbocycles. The Hall–Kier alpha value is -3.06. The van der Waals surface area contributed by atoms with E-state index in [4.69, 9.17) is 9.47 Å². The van der Waals surface area contributed by atoms with E-state index in [2.05, 4.69) is 21.0 Å². The molecule has 3 aromatic rings. The monoisotopic (exact) mass is 379 g/mol. The minimum absolute atomic E-state index is 0.143. The zero-order valence-corrected chi connectivity index (χ0v) is 15.4. The molecule has 0 saturated carbocycles. The van der Waals surface area contributed by atoms with Crippen molar-refractivity contribution < 1.29 is 9.47 Å². The van der Waals surface area contributed by atoms with Crippen molar-refractivity contribution in [2.24, 2.45) is 0 Å². The van der Waals surface area contributed by atoms with Gasteiger partial charge in [0.25, 0.3) is 5.56 Å². The van der Waals surface area contributed by atoms with E-state index in [-0.39, 0.29) is 11.6 Å². The third kappa shape index (κ3) is 4.03. The number of nitrogens with one attached hydrogen (secondary N) is 1. The van der Waals surface area contributed by atoms with Crippen molar-refractivity contribution in [2.45, 2.75) is 16.6 Å². The van der Waals surface area contributed by atoms with E-state index in [0.717, 1.165) is 17.1 Å². The molecule has 2 aromatic heterocycles. The highest BCUT2D eigenvalue weighted by Crippen LogP contribution is 2.33. The number of methoxy groups -OCH3 is 1.